The summed E-state index contributed by atoms with van der Waals surface area (Å²) in [5.41, 5.74) is 0. The van der Waals surface area contributed by atoms with Gasteiger partial charge in [-0.3, -0.25) is 4.90 Å². The summed E-state index contributed by atoms with van der Waals surface area (Å²) in [6, 6.07) is 0.805. The molecule has 13 heavy (non-hydrogen) atoms. The number of rotatable bonds is 6. The molecule has 78 valence electrons. The van der Waals surface area contributed by atoms with Gasteiger partial charge in [-0.25, -0.2) is 0 Å². The SMILES string of the molecule is CCC1CCCN1CCOCCCl. The van der Waals surface area contributed by atoms with Crippen LogP contribution in [-0.4, -0.2) is 43.1 Å². The first-order valence-electron chi connectivity index (χ1n) is 5.26. The minimum absolute atomic E-state index is 0.608. The van der Waals surface area contributed by atoms with Crippen molar-refractivity contribution in [3.63, 3.8) is 0 Å². The lowest BCUT2D eigenvalue weighted by Gasteiger charge is -2.22. The Morgan fingerprint density at radius 3 is 3.00 bits per heavy atom. The third-order valence-electron chi connectivity index (χ3n) is 2.71. The van der Waals surface area contributed by atoms with E-state index in [9.17, 15) is 0 Å². The van der Waals surface area contributed by atoms with Crippen LogP contribution >= 0.6 is 11.6 Å². The zero-order valence-corrected chi connectivity index (χ0v) is 9.22. The molecule has 0 aliphatic carbocycles. The maximum absolute atomic E-state index is 5.51. The van der Waals surface area contributed by atoms with Crippen molar-refractivity contribution in [1.82, 2.24) is 4.90 Å². The molecule has 0 N–H and O–H groups in total. The standard InChI is InChI=1S/C10H20ClNO/c1-2-10-4-3-6-12(10)7-9-13-8-5-11/h10H,2-9H2,1H3. The van der Waals surface area contributed by atoms with Crippen LogP contribution in [-0.2, 0) is 4.74 Å². The minimum Gasteiger partial charge on any atom is -0.379 e. The van der Waals surface area contributed by atoms with Gasteiger partial charge in [-0.15, -0.1) is 11.6 Å². The van der Waals surface area contributed by atoms with Crippen LogP contribution in [0.1, 0.15) is 26.2 Å². The van der Waals surface area contributed by atoms with Gasteiger partial charge in [0.2, 0.25) is 0 Å². The van der Waals surface area contributed by atoms with E-state index in [2.05, 4.69) is 11.8 Å². The molecule has 0 aromatic heterocycles. The van der Waals surface area contributed by atoms with E-state index in [-0.39, 0.29) is 0 Å². The van der Waals surface area contributed by atoms with E-state index < -0.39 is 0 Å². The zero-order valence-electron chi connectivity index (χ0n) is 8.47. The fourth-order valence-corrected chi connectivity index (χ4v) is 2.10. The highest BCUT2D eigenvalue weighted by Gasteiger charge is 2.21. The number of ether oxygens (including phenoxy) is 1. The van der Waals surface area contributed by atoms with Crippen LogP contribution in [0.25, 0.3) is 0 Å². The fourth-order valence-electron chi connectivity index (χ4n) is 1.99. The van der Waals surface area contributed by atoms with Gasteiger partial charge >= 0.3 is 0 Å². The molecule has 1 atom stereocenters. The molecule has 0 aromatic carbocycles. The molecule has 1 aliphatic heterocycles. The normalized spacial score (nSPS) is 24.0. The Kier molecular flexibility index (Phi) is 5.76. The lowest BCUT2D eigenvalue weighted by atomic mass is 10.2. The molecule has 0 aromatic rings. The Balaban J connectivity index is 2.06. The van der Waals surface area contributed by atoms with E-state index in [1.807, 2.05) is 0 Å². The number of alkyl halides is 1. The Labute approximate surface area is 86.2 Å². The molecule has 1 fully saturated rings. The lowest BCUT2D eigenvalue weighted by molar-refractivity contribution is 0.109. The summed E-state index contributed by atoms with van der Waals surface area (Å²) in [5.74, 6) is 0.608. The van der Waals surface area contributed by atoms with Gasteiger partial charge in [-0.1, -0.05) is 6.92 Å². The Hall–Kier alpha value is 0.210. The van der Waals surface area contributed by atoms with Crippen LogP contribution in [0.4, 0.5) is 0 Å². The number of hydrogen-bond acceptors (Lipinski definition) is 2. The first-order chi connectivity index (χ1) is 6.38. The van der Waals surface area contributed by atoms with Crippen molar-refractivity contribution in [2.24, 2.45) is 0 Å². The quantitative estimate of drug-likeness (QED) is 0.487. The molecule has 0 saturated carbocycles. The van der Waals surface area contributed by atoms with Gasteiger partial charge in [0.1, 0.15) is 0 Å². The average molecular weight is 206 g/mol. The number of hydrogen-bond donors (Lipinski definition) is 0. The van der Waals surface area contributed by atoms with Crippen LogP contribution in [0.2, 0.25) is 0 Å². The smallest absolute Gasteiger partial charge is 0.0602 e. The highest BCUT2D eigenvalue weighted by Crippen LogP contribution is 2.18. The largest absolute Gasteiger partial charge is 0.379 e. The molecule has 0 amide bonds. The van der Waals surface area contributed by atoms with Crippen LogP contribution in [0.3, 0.4) is 0 Å². The van der Waals surface area contributed by atoms with Crippen molar-refractivity contribution in [1.29, 1.82) is 0 Å². The lowest BCUT2D eigenvalue weighted by Crippen LogP contribution is -2.32. The van der Waals surface area contributed by atoms with Gasteiger partial charge in [-0.05, 0) is 25.8 Å². The van der Waals surface area contributed by atoms with E-state index in [1.54, 1.807) is 0 Å². The molecule has 0 radical (unpaired) electrons. The van der Waals surface area contributed by atoms with Crippen molar-refractivity contribution in [2.75, 3.05) is 32.2 Å². The average Bonchev–Trinajstić information content (AvgIpc) is 2.60. The maximum atomic E-state index is 5.51. The summed E-state index contributed by atoms with van der Waals surface area (Å²) in [6.45, 7) is 6.12. The second-order valence-corrected chi connectivity index (χ2v) is 3.92. The van der Waals surface area contributed by atoms with Gasteiger partial charge in [0, 0.05) is 18.5 Å². The van der Waals surface area contributed by atoms with Crippen molar-refractivity contribution in [2.45, 2.75) is 32.2 Å². The van der Waals surface area contributed by atoms with E-state index in [0.717, 1.165) is 19.2 Å². The number of likely N-dealkylation sites (tertiary alicyclic amines) is 1. The zero-order chi connectivity index (χ0) is 9.52. The third-order valence-corrected chi connectivity index (χ3v) is 2.87. The van der Waals surface area contributed by atoms with Gasteiger partial charge in [0.05, 0.1) is 13.2 Å². The van der Waals surface area contributed by atoms with Crippen LogP contribution in [0.5, 0.6) is 0 Å². The minimum atomic E-state index is 0.608. The molecular weight excluding hydrogens is 186 g/mol. The number of halogens is 1. The first kappa shape index (κ1) is 11.3. The molecule has 1 aliphatic rings. The second-order valence-electron chi connectivity index (χ2n) is 3.54. The molecule has 0 bridgehead atoms. The second kappa shape index (κ2) is 6.63. The van der Waals surface area contributed by atoms with Crippen molar-refractivity contribution >= 4 is 11.6 Å². The third kappa shape index (κ3) is 3.84. The molecule has 1 rings (SSSR count). The van der Waals surface area contributed by atoms with Crippen LogP contribution in [0, 0.1) is 0 Å². The van der Waals surface area contributed by atoms with Gasteiger partial charge in [0.25, 0.3) is 0 Å². The van der Waals surface area contributed by atoms with Gasteiger partial charge < -0.3 is 4.74 Å². The van der Waals surface area contributed by atoms with E-state index in [1.165, 1.54) is 25.8 Å². The predicted molar refractivity (Wildman–Crippen MR) is 56.4 cm³/mol. The summed E-state index contributed by atoms with van der Waals surface area (Å²) in [4.78, 5) is 2.54. The summed E-state index contributed by atoms with van der Waals surface area (Å²) < 4.78 is 5.36. The maximum Gasteiger partial charge on any atom is 0.0602 e. The predicted octanol–water partition coefficient (Wildman–Crippen LogP) is 2.12. The van der Waals surface area contributed by atoms with E-state index in [4.69, 9.17) is 16.3 Å². The monoisotopic (exact) mass is 205 g/mol. The molecular formula is C10H20ClNO. The van der Waals surface area contributed by atoms with E-state index in [0.29, 0.717) is 12.5 Å². The highest BCUT2D eigenvalue weighted by molar-refractivity contribution is 6.17. The van der Waals surface area contributed by atoms with E-state index >= 15 is 0 Å². The summed E-state index contributed by atoms with van der Waals surface area (Å²) in [7, 11) is 0. The Morgan fingerprint density at radius 2 is 2.31 bits per heavy atom. The first-order valence-corrected chi connectivity index (χ1v) is 5.79. The van der Waals surface area contributed by atoms with Gasteiger partial charge in [-0.2, -0.15) is 0 Å². The Bertz CT molecular complexity index is 132. The molecule has 3 heteroatoms. The van der Waals surface area contributed by atoms with Crippen molar-refractivity contribution in [3.8, 4) is 0 Å². The highest BCUT2D eigenvalue weighted by atomic mass is 35.5. The molecule has 1 saturated heterocycles. The van der Waals surface area contributed by atoms with Crippen LogP contribution in [0.15, 0.2) is 0 Å². The fraction of sp³-hybridized carbons (Fsp3) is 1.00. The Morgan fingerprint density at radius 1 is 1.46 bits per heavy atom. The summed E-state index contributed by atoms with van der Waals surface area (Å²) in [5, 5.41) is 0. The molecule has 2 nitrogen and oxygen atoms in total. The number of nitrogens with zero attached hydrogens (tertiary/aromatic N) is 1. The topological polar surface area (TPSA) is 12.5 Å². The summed E-state index contributed by atoms with van der Waals surface area (Å²) >= 11 is 5.51. The van der Waals surface area contributed by atoms with Gasteiger partial charge in [0.15, 0.2) is 0 Å². The molecule has 0 spiro atoms. The van der Waals surface area contributed by atoms with Crippen LogP contribution < -0.4 is 0 Å². The van der Waals surface area contributed by atoms with Crippen molar-refractivity contribution < 1.29 is 4.74 Å². The van der Waals surface area contributed by atoms with Crippen molar-refractivity contribution in [3.05, 3.63) is 0 Å². The summed E-state index contributed by atoms with van der Waals surface area (Å²) in [6.07, 6.45) is 4.00. The molecule has 1 heterocycles. The molecule has 1 unspecified atom stereocenters.